The van der Waals surface area contributed by atoms with Crippen LogP contribution in [0.3, 0.4) is 0 Å². The molecule has 0 radical (unpaired) electrons. The van der Waals surface area contributed by atoms with E-state index in [0.29, 0.717) is 5.82 Å². The van der Waals surface area contributed by atoms with E-state index in [4.69, 9.17) is 0 Å². The maximum absolute atomic E-state index is 4.43. The molecule has 0 bridgehead atoms. The maximum atomic E-state index is 4.43. The summed E-state index contributed by atoms with van der Waals surface area (Å²) in [4.78, 5) is 8.86. The third kappa shape index (κ3) is 2.18. The Morgan fingerprint density at radius 2 is 1.44 bits per heavy atom. The molecule has 1 heterocycles. The Balaban J connectivity index is 2.31. The normalized spacial score (nSPS) is 10.8. The topological polar surface area (TPSA) is 25.8 Å². The average Bonchev–Trinajstić information content (AvgIpc) is 2.37. The summed E-state index contributed by atoms with van der Waals surface area (Å²) >= 11 is 6.79. The van der Waals surface area contributed by atoms with Gasteiger partial charge in [-0.05, 0) is 42.6 Å². The zero-order valence-corrected chi connectivity index (χ0v) is 12.4. The summed E-state index contributed by atoms with van der Waals surface area (Å²) in [5.74, 6) is 0.716. The van der Waals surface area contributed by atoms with E-state index < -0.39 is 0 Å². The van der Waals surface area contributed by atoms with Gasteiger partial charge in [-0.3, -0.25) is 0 Å². The molecule has 0 aliphatic heterocycles. The second kappa shape index (κ2) is 4.78. The molecule has 0 saturated heterocycles. The highest BCUT2D eigenvalue weighted by Crippen LogP contribution is 2.28. The van der Waals surface area contributed by atoms with Gasteiger partial charge in [0.2, 0.25) is 0 Å². The third-order valence-corrected chi connectivity index (χ3v) is 3.51. The van der Waals surface area contributed by atoms with Crippen LogP contribution in [0.1, 0.15) is 0 Å². The number of hydrogen-bond donors (Lipinski definition) is 0. The molecule has 2 aromatic carbocycles. The minimum absolute atomic E-state index is 0.716. The predicted molar refractivity (Wildman–Crippen MR) is 80.4 cm³/mol. The molecule has 3 rings (SSSR count). The van der Waals surface area contributed by atoms with Crippen molar-refractivity contribution in [2.45, 2.75) is 0 Å². The summed E-state index contributed by atoms with van der Waals surface area (Å²) < 4.78 is 1.54. The molecule has 0 N–H and O–H groups in total. The van der Waals surface area contributed by atoms with Crippen molar-refractivity contribution in [3.8, 4) is 11.4 Å². The van der Waals surface area contributed by atoms with Gasteiger partial charge in [0, 0.05) is 11.6 Å². The predicted octanol–water partition coefficient (Wildman–Crippen LogP) is 4.82. The average molecular weight is 364 g/mol. The van der Waals surface area contributed by atoms with Crippen LogP contribution in [0.2, 0.25) is 0 Å². The molecule has 2 nitrogen and oxygen atoms in total. The number of fused-ring (bicyclic) bond motifs is 1. The standard InChI is InChI=1S/C14H8Br2N2/c15-12-8-13(16)18-14(17-12)11-7-3-5-9-4-1-2-6-10(9)11/h1-8H. The van der Waals surface area contributed by atoms with Gasteiger partial charge in [-0.1, -0.05) is 42.5 Å². The molecular formula is C14H8Br2N2. The van der Waals surface area contributed by atoms with Crippen LogP contribution in [0.5, 0.6) is 0 Å². The van der Waals surface area contributed by atoms with Crippen molar-refractivity contribution in [2.24, 2.45) is 0 Å². The van der Waals surface area contributed by atoms with Gasteiger partial charge in [0.05, 0.1) is 0 Å². The zero-order valence-electron chi connectivity index (χ0n) is 9.27. The minimum Gasteiger partial charge on any atom is -0.221 e. The van der Waals surface area contributed by atoms with E-state index in [-0.39, 0.29) is 0 Å². The fourth-order valence-electron chi connectivity index (χ4n) is 1.93. The summed E-state index contributed by atoms with van der Waals surface area (Å²) in [5, 5.41) is 2.35. The van der Waals surface area contributed by atoms with Gasteiger partial charge in [-0.2, -0.15) is 0 Å². The zero-order chi connectivity index (χ0) is 12.5. The van der Waals surface area contributed by atoms with Gasteiger partial charge in [-0.15, -0.1) is 0 Å². The van der Waals surface area contributed by atoms with Crippen LogP contribution in [0.15, 0.2) is 57.7 Å². The van der Waals surface area contributed by atoms with E-state index in [1.807, 2.05) is 30.3 Å². The quantitative estimate of drug-likeness (QED) is 0.579. The monoisotopic (exact) mass is 362 g/mol. The first kappa shape index (κ1) is 11.8. The van der Waals surface area contributed by atoms with Crippen LogP contribution in [-0.2, 0) is 0 Å². The lowest BCUT2D eigenvalue weighted by Crippen LogP contribution is -1.91. The molecule has 88 valence electrons. The largest absolute Gasteiger partial charge is 0.221 e. The smallest absolute Gasteiger partial charge is 0.162 e. The first-order valence-corrected chi connectivity index (χ1v) is 7.01. The number of halogens is 2. The van der Waals surface area contributed by atoms with Crippen LogP contribution >= 0.6 is 31.9 Å². The maximum Gasteiger partial charge on any atom is 0.162 e. The molecule has 18 heavy (non-hydrogen) atoms. The van der Waals surface area contributed by atoms with E-state index in [1.165, 1.54) is 5.39 Å². The van der Waals surface area contributed by atoms with Gasteiger partial charge < -0.3 is 0 Å². The Morgan fingerprint density at radius 1 is 0.778 bits per heavy atom. The number of nitrogens with zero attached hydrogens (tertiary/aromatic N) is 2. The highest BCUT2D eigenvalue weighted by Gasteiger charge is 2.07. The first-order chi connectivity index (χ1) is 8.74. The summed E-state index contributed by atoms with van der Waals surface area (Å²) in [6.45, 7) is 0. The molecule has 0 atom stereocenters. The fourth-order valence-corrected chi connectivity index (χ4v) is 3.01. The van der Waals surface area contributed by atoms with Gasteiger partial charge in [0.15, 0.2) is 5.82 Å². The summed E-state index contributed by atoms with van der Waals surface area (Å²) in [6.07, 6.45) is 0. The minimum atomic E-state index is 0.716. The molecular weight excluding hydrogens is 356 g/mol. The van der Waals surface area contributed by atoms with Crippen molar-refractivity contribution in [3.05, 3.63) is 57.7 Å². The van der Waals surface area contributed by atoms with Crippen molar-refractivity contribution in [1.82, 2.24) is 9.97 Å². The van der Waals surface area contributed by atoms with E-state index in [2.05, 4.69) is 60.0 Å². The molecule has 0 unspecified atom stereocenters. The second-order valence-corrected chi connectivity index (χ2v) is 5.49. The second-order valence-electron chi connectivity index (χ2n) is 3.86. The fraction of sp³-hybridized carbons (Fsp3) is 0. The van der Waals surface area contributed by atoms with Crippen LogP contribution < -0.4 is 0 Å². The molecule has 3 aromatic rings. The van der Waals surface area contributed by atoms with Gasteiger partial charge in [0.25, 0.3) is 0 Å². The van der Waals surface area contributed by atoms with Crippen molar-refractivity contribution in [2.75, 3.05) is 0 Å². The van der Waals surface area contributed by atoms with Crippen molar-refractivity contribution in [1.29, 1.82) is 0 Å². The van der Waals surface area contributed by atoms with Crippen LogP contribution in [0, 0.1) is 0 Å². The lowest BCUT2D eigenvalue weighted by Gasteiger charge is -2.06. The van der Waals surface area contributed by atoms with E-state index >= 15 is 0 Å². The highest BCUT2D eigenvalue weighted by molar-refractivity contribution is 9.11. The van der Waals surface area contributed by atoms with E-state index in [9.17, 15) is 0 Å². The van der Waals surface area contributed by atoms with Gasteiger partial charge in [-0.25, -0.2) is 9.97 Å². The Kier molecular flexibility index (Phi) is 3.14. The number of rotatable bonds is 1. The Labute approximate surface area is 121 Å². The molecule has 1 aromatic heterocycles. The van der Waals surface area contributed by atoms with Gasteiger partial charge in [0.1, 0.15) is 9.21 Å². The number of benzene rings is 2. The van der Waals surface area contributed by atoms with Crippen molar-refractivity contribution >= 4 is 42.6 Å². The highest BCUT2D eigenvalue weighted by atomic mass is 79.9. The van der Waals surface area contributed by atoms with E-state index in [1.54, 1.807) is 0 Å². The Hall–Kier alpha value is -1.26. The van der Waals surface area contributed by atoms with Crippen LogP contribution in [-0.4, -0.2) is 9.97 Å². The molecule has 0 saturated carbocycles. The van der Waals surface area contributed by atoms with Crippen LogP contribution in [0.4, 0.5) is 0 Å². The van der Waals surface area contributed by atoms with E-state index in [0.717, 1.165) is 20.2 Å². The van der Waals surface area contributed by atoms with Crippen molar-refractivity contribution < 1.29 is 0 Å². The molecule has 4 heteroatoms. The van der Waals surface area contributed by atoms with Gasteiger partial charge >= 0.3 is 0 Å². The molecule has 0 aliphatic carbocycles. The third-order valence-electron chi connectivity index (χ3n) is 2.69. The Bertz CT molecular complexity index is 700. The molecule has 0 amide bonds. The SMILES string of the molecule is Brc1cc(Br)nc(-c2cccc3ccccc23)n1. The molecule has 0 spiro atoms. The first-order valence-electron chi connectivity index (χ1n) is 5.42. The molecule has 0 fully saturated rings. The van der Waals surface area contributed by atoms with Crippen LogP contribution in [0.25, 0.3) is 22.2 Å². The number of hydrogen-bond acceptors (Lipinski definition) is 2. The lowest BCUT2D eigenvalue weighted by molar-refractivity contribution is 1.13. The Morgan fingerprint density at radius 3 is 2.22 bits per heavy atom. The van der Waals surface area contributed by atoms with Crippen molar-refractivity contribution in [3.63, 3.8) is 0 Å². The number of aromatic nitrogens is 2. The molecule has 0 aliphatic rings. The lowest BCUT2D eigenvalue weighted by atomic mass is 10.0. The summed E-state index contributed by atoms with van der Waals surface area (Å²) in [5.41, 5.74) is 1.04. The summed E-state index contributed by atoms with van der Waals surface area (Å²) in [7, 11) is 0. The summed E-state index contributed by atoms with van der Waals surface area (Å²) in [6, 6.07) is 16.2.